The van der Waals surface area contributed by atoms with E-state index >= 15 is 0 Å². The quantitative estimate of drug-likeness (QED) is 0.351. The standard InChI is InChI=1S/C11H17N5O2/c1-4-16-9-6-12-5-8(9)13-10(16)11(14-18-3)15(2)7-17/h7,12H,4-6H2,1-3H3/b14-11-. The van der Waals surface area contributed by atoms with Crippen LogP contribution in [-0.4, -0.2) is 40.9 Å². The van der Waals surface area contributed by atoms with Crippen molar-refractivity contribution in [3.05, 3.63) is 17.2 Å². The zero-order valence-corrected chi connectivity index (χ0v) is 10.8. The van der Waals surface area contributed by atoms with Crippen LogP contribution in [-0.2, 0) is 29.3 Å². The van der Waals surface area contributed by atoms with Gasteiger partial charge in [-0.05, 0) is 6.92 Å². The van der Waals surface area contributed by atoms with Gasteiger partial charge in [0.2, 0.25) is 12.2 Å². The first-order valence-corrected chi connectivity index (χ1v) is 5.81. The number of carbonyl (C=O) groups is 1. The summed E-state index contributed by atoms with van der Waals surface area (Å²) in [4.78, 5) is 21.6. The molecule has 0 saturated carbocycles. The van der Waals surface area contributed by atoms with Crippen LogP contribution in [0, 0.1) is 0 Å². The molecule has 0 aromatic carbocycles. The second kappa shape index (κ2) is 5.18. The second-order valence-electron chi connectivity index (χ2n) is 3.99. The minimum Gasteiger partial charge on any atom is -0.397 e. The summed E-state index contributed by atoms with van der Waals surface area (Å²) < 4.78 is 2.05. The van der Waals surface area contributed by atoms with E-state index in [9.17, 15) is 4.79 Å². The van der Waals surface area contributed by atoms with Gasteiger partial charge in [-0.15, -0.1) is 0 Å². The number of imidazole rings is 1. The number of nitrogens with one attached hydrogen (secondary N) is 1. The number of aromatic nitrogens is 2. The van der Waals surface area contributed by atoms with E-state index in [0.29, 0.717) is 18.1 Å². The van der Waals surface area contributed by atoms with Crippen molar-refractivity contribution in [1.82, 2.24) is 19.8 Å². The molecule has 1 amide bonds. The predicted octanol–water partition coefficient (Wildman–Crippen LogP) is -0.0976. The molecule has 1 aromatic heterocycles. The first-order chi connectivity index (χ1) is 8.72. The molecule has 0 spiro atoms. The molecule has 0 fully saturated rings. The fraction of sp³-hybridized carbons (Fsp3) is 0.545. The number of amidine groups is 1. The fourth-order valence-corrected chi connectivity index (χ4v) is 2.09. The highest BCUT2D eigenvalue weighted by Gasteiger charge is 2.25. The lowest BCUT2D eigenvalue weighted by Gasteiger charge is -2.14. The third-order valence-electron chi connectivity index (χ3n) is 2.93. The first-order valence-electron chi connectivity index (χ1n) is 5.81. The van der Waals surface area contributed by atoms with Crippen LogP contribution >= 0.6 is 0 Å². The lowest BCUT2D eigenvalue weighted by Crippen LogP contribution is -2.30. The first kappa shape index (κ1) is 12.6. The van der Waals surface area contributed by atoms with Crippen molar-refractivity contribution in [3.8, 4) is 0 Å². The maximum Gasteiger partial charge on any atom is 0.217 e. The van der Waals surface area contributed by atoms with Crippen molar-refractivity contribution in [2.24, 2.45) is 5.16 Å². The van der Waals surface area contributed by atoms with E-state index in [4.69, 9.17) is 4.84 Å². The van der Waals surface area contributed by atoms with Gasteiger partial charge in [-0.3, -0.25) is 9.69 Å². The van der Waals surface area contributed by atoms with Gasteiger partial charge in [-0.25, -0.2) is 4.98 Å². The number of oxime groups is 1. The SMILES string of the molecule is CCn1c(/C(=N/OC)N(C)C=O)nc2c1CNC2. The van der Waals surface area contributed by atoms with Crippen LogP contribution in [0.3, 0.4) is 0 Å². The minimum atomic E-state index is 0.420. The molecule has 18 heavy (non-hydrogen) atoms. The normalized spacial score (nSPS) is 14.5. The smallest absolute Gasteiger partial charge is 0.217 e. The van der Waals surface area contributed by atoms with Crippen molar-refractivity contribution >= 4 is 12.2 Å². The Balaban J connectivity index is 2.48. The van der Waals surface area contributed by atoms with E-state index < -0.39 is 0 Å². The molecule has 1 N–H and O–H groups in total. The zero-order valence-electron chi connectivity index (χ0n) is 10.8. The van der Waals surface area contributed by atoms with Gasteiger partial charge in [0.1, 0.15) is 7.11 Å². The van der Waals surface area contributed by atoms with Crippen LogP contribution in [0.1, 0.15) is 24.1 Å². The molecule has 7 nitrogen and oxygen atoms in total. The maximum atomic E-state index is 10.9. The van der Waals surface area contributed by atoms with Gasteiger partial charge in [0, 0.05) is 26.7 Å². The van der Waals surface area contributed by atoms with Crippen LogP contribution in [0.4, 0.5) is 0 Å². The summed E-state index contributed by atoms with van der Waals surface area (Å²) in [6, 6.07) is 0. The molecule has 7 heteroatoms. The third kappa shape index (κ3) is 1.97. The molecular weight excluding hydrogens is 234 g/mol. The highest BCUT2D eigenvalue weighted by atomic mass is 16.6. The van der Waals surface area contributed by atoms with Crippen LogP contribution in [0.5, 0.6) is 0 Å². The highest BCUT2D eigenvalue weighted by Crippen LogP contribution is 2.18. The van der Waals surface area contributed by atoms with Crippen LogP contribution < -0.4 is 5.32 Å². The van der Waals surface area contributed by atoms with Gasteiger partial charge >= 0.3 is 0 Å². The van der Waals surface area contributed by atoms with Crippen LogP contribution in [0.15, 0.2) is 5.16 Å². The summed E-state index contributed by atoms with van der Waals surface area (Å²) in [5.41, 5.74) is 2.16. The molecule has 1 aromatic rings. The van der Waals surface area contributed by atoms with Crippen molar-refractivity contribution in [1.29, 1.82) is 0 Å². The Labute approximate surface area is 105 Å². The Morgan fingerprint density at radius 2 is 2.44 bits per heavy atom. The van der Waals surface area contributed by atoms with E-state index in [1.54, 1.807) is 7.05 Å². The summed E-state index contributed by atoms with van der Waals surface area (Å²) in [5.74, 6) is 1.09. The van der Waals surface area contributed by atoms with Gasteiger partial charge in [-0.2, -0.15) is 0 Å². The summed E-state index contributed by atoms with van der Waals surface area (Å²) >= 11 is 0. The summed E-state index contributed by atoms with van der Waals surface area (Å²) in [5, 5.41) is 7.14. The van der Waals surface area contributed by atoms with Gasteiger partial charge in [-0.1, -0.05) is 5.16 Å². The Hall–Kier alpha value is -1.89. The zero-order chi connectivity index (χ0) is 13.1. The second-order valence-corrected chi connectivity index (χ2v) is 3.99. The molecule has 0 bridgehead atoms. The maximum absolute atomic E-state index is 10.9. The van der Waals surface area contributed by atoms with Crippen molar-refractivity contribution in [3.63, 3.8) is 0 Å². The Kier molecular flexibility index (Phi) is 3.61. The van der Waals surface area contributed by atoms with Gasteiger partial charge in [0.05, 0.1) is 11.4 Å². The molecule has 2 heterocycles. The van der Waals surface area contributed by atoms with E-state index in [-0.39, 0.29) is 0 Å². The number of rotatable bonds is 4. The van der Waals surface area contributed by atoms with E-state index in [2.05, 4.69) is 15.5 Å². The van der Waals surface area contributed by atoms with Crippen LogP contribution in [0.2, 0.25) is 0 Å². The molecule has 0 radical (unpaired) electrons. The molecule has 1 aliphatic heterocycles. The van der Waals surface area contributed by atoms with Gasteiger partial charge in [0.25, 0.3) is 0 Å². The lowest BCUT2D eigenvalue weighted by atomic mass is 10.4. The average molecular weight is 251 g/mol. The molecule has 0 aliphatic carbocycles. The molecule has 0 unspecified atom stereocenters. The number of carbonyl (C=O) groups excluding carboxylic acids is 1. The average Bonchev–Trinajstić information content (AvgIpc) is 2.94. The highest BCUT2D eigenvalue weighted by molar-refractivity contribution is 6.01. The lowest BCUT2D eigenvalue weighted by molar-refractivity contribution is -0.114. The summed E-state index contributed by atoms with van der Waals surface area (Å²) in [6.45, 7) is 4.35. The minimum absolute atomic E-state index is 0.420. The largest absolute Gasteiger partial charge is 0.397 e. The summed E-state index contributed by atoms with van der Waals surface area (Å²) in [7, 11) is 3.08. The number of nitrogens with zero attached hydrogens (tertiary/aromatic N) is 4. The molecule has 0 saturated heterocycles. The topological polar surface area (TPSA) is 71.8 Å². The predicted molar refractivity (Wildman–Crippen MR) is 65.8 cm³/mol. The number of hydrogen-bond acceptors (Lipinski definition) is 5. The number of hydrogen-bond donors (Lipinski definition) is 1. The Bertz CT molecular complexity index is 480. The Morgan fingerprint density at radius 3 is 3.06 bits per heavy atom. The fourth-order valence-electron chi connectivity index (χ4n) is 2.09. The van der Waals surface area contributed by atoms with Crippen molar-refractivity contribution in [2.45, 2.75) is 26.6 Å². The molecule has 2 rings (SSSR count). The van der Waals surface area contributed by atoms with Gasteiger partial charge < -0.3 is 14.7 Å². The molecular formula is C11H17N5O2. The van der Waals surface area contributed by atoms with Crippen molar-refractivity contribution in [2.75, 3.05) is 14.2 Å². The molecule has 1 aliphatic rings. The number of fused-ring (bicyclic) bond motifs is 1. The van der Waals surface area contributed by atoms with E-state index in [1.165, 1.54) is 12.0 Å². The third-order valence-corrected chi connectivity index (χ3v) is 2.93. The molecule has 98 valence electrons. The number of amides is 1. The van der Waals surface area contributed by atoms with Gasteiger partial charge in [0.15, 0.2) is 5.82 Å². The monoisotopic (exact) mass is 251 g/mol. The van der Waals surface area contributed by atoms with E-state index in [1.807, 2.05) is 11.5 Å². The molecule has 0 atom stereocenters. The summed E-state index contributed by atoms with van der Waals surface area (Å²) in [6.07, 6.45) is 0.690. The van der Waals surface area contributed by atoms with E-state index in [0.717, 1.165) is 31.0 Å². The van der Waals surface area contributed by atoms with Crippen molar-refractivity contribution < 1.29 is 9.63 Å². The Morgan fingerprint density at radius 1 is 1.67 bits per heavy atom. The van der Waals surface area contributed by atoms with Crippen LogP contribution in [0.25, 0.3) is 0 Å².